The van der Waals surface area contributed by atoms with Gasteiger partial charge in [0.2, 0.25) is 0 Å². The lowest BCUT2D eigenvalue weighted by atomic mass is 10.2. The van der Waals surface area contributed by atoms with E-state index < -0.39 is 9.84 Å². The van der Waals surface area contributed by atoms with Gasteiger partial charge >= 0.3 is 0 Å². The quantitative estimate of drug-likeness (QED) is 0.802. The van der Waals surface area contributed by atoms with Crippen molar-refractivity contribution in [3.8, 4) is 0 Å². The molecule has 3 rings (SSSR count). The third-order valence-electron chi connectivity index (χ3n) is 3.08. The molecule has 1 N–H and O–H groups in total. The third kappa shape index (κ3) is 2.90. The van der Waals surface area contributed by atoms with Crippen LogP contribution in [0.4, 0.5) is 5.82 Å². The zero-order chi connectivity index (χ0) is 14.9. The van der Waals surface area contributed by atoms with E-state index >= 15 is 0 Å². The van der Waals surface area contributed by atoms with Crippen LogP contribution < -0.4 is 5.32 Å². The predicted octanol–water partition coefficient (Wildman–Crippen LogP) is 2.84. The van der Waals surface area contributed by atoms with Crippen molar-refractivity contribution in [3.05, 3.63) is 54.4 Å². The predicted molar refractivity (Wildman–Crippen MR) is 80.9 cm³/mol. The fraction of sp³-hybridized carbons (Fsp3) is 0.133. The number of benzene rings is 1. The summed E-state index contributed by atoms with van der Waals surface area (Å²) in [4.78, 5) is 4.26. The average Bonchev–Trinajstić information content (AvgIpc) is 2.87. The topological polar surface area (TPSA) is 72.2 Å². The van der Waals surface area contributed by atoms with Gasteiger partial charge in [-0.05, 0) is 24.3 Å². The van der Waals surface area contributed by atoms with Gasteiger partial charge in [-0.1, -0.05) is 18.2 Å². The van der Waals surface area contributed by atoms with Crippen LogP contribution in [-0.2, 0) is 16.4 Å². The second-order valence-corrected chi connectivity index (χ2v) is 6.71. The number of anilines is 1. The number of aromatic nitrogens is 1. The lowest BCUT2D eigenvalue weighted by molar-refractivity contribution is 0.558. The van der Waals surface area contributed by atoms with Crippen LogP contribution in [0, 0.1) is 0 Å². The molecule has 0 aliphatic heterocycles. The Bertz CT molecular complexity index is 852. The van der Waals surface area contributed by atoms with Gasteiger partial charge in [-0.25, -0.2) is 13.4 Å². The largest absolute Gasteiger partial charge is 0.459 e. The minimum absolute atomic E-state index is 0.182. The van der Waals surface area contributed by atoms with Gasteiger partial charge in [-0.2, -0.15) is 0 Å². The molecule has 0 fully saturated rings. The summed E-state index contributed by atoms with van der Waals surface area (Å²) in [5.41, 5.74) is 0.804. The lowest BCUT2D eigenvalue weighted by Crippen LogP contribution is -2.07. The minimum atomic E-state index is -3.32. The first-order valence-corrected chi connectivity index (χ1v) is 8.29. The van der Waals surface area contributed by atoms with Gasteiger partial charge < -0.3 is 9.73 Å². The fourth-order valence-electron chi connectivity index (χ4n) is 2.12. The zero-order valence-corrected chi connectivity index (χ0v) is 12.2. The van der Waals surface area contributed by atoms with E-state index in [1.54, 1.807) is 12.3 Å². The third-order valence-corrected chi connectivity index (χ3v) is 4.21. The van der Waals surface area contributed by atoms with Crippen LogP contribution in [-0.4, -0.2) is 19.7 Å². The van der Waals surface area contributed by atoms with E-state index in [-0.39, 0.29) is 4.90 Å². The summed E-state index contributed by atoms with van der Waals surface area (Å²) in [7, 11) is -3.32. The smallest absolute Gasteiger partial charge is 0.179 e. The second kappa shape index (κ2) is 5.21. The Balaban J connectivity index is 1.85. The van der Waals surface area contributed by atoms with Crippen LogP contribution in [0.1, 0.15) is 5.76 Å². The summed E-state index contributed by atoms with van der Waals surface area (Å²) in [6, 6.07) is 12.8. The number of para-hydroxylation sites is 1. The van der Waals surface area contributed by atoms with Crippen LogP contribution >= 0.6 is 0 Å². The van der Waals surface area contributed by atoms with Gasteiger partial charge in [0.25, 0.3) is 0 Å². The van der Waals surface area contributed by atoms with Crippen molar-refractivity contribution in [1.82, 2.24) is 4.98 Å². The van der Waals surface area contributed by atoms with E-state index in [2.05, 4.69) is 10.3 Å². The highest BCUT2D eigenvalue weighted by Crippen LogP contribution is 2.21. The molecule has 0 atom stereocenters. The fourth-order valence-corrected chi connectivity index (χ4v) is 2.92. The first-order chi connectivity index (χ1) is 10.0. The summed E-state index contributed by atoms with van der Waals surface area (Å²) in [5.74, 6) is 1.06. The summed E-state index contributed by atoms with van der Waals surface area (Å²) in [6.07, 6.45) is 2.71. The molecular weight excluding hydrogens is 288 g/mol. The maximum atomic E-state index is 11.7. The molecular formula is C15H14N2O3S. The molecule has 2 heterocycles. The van der Waals surface area contributed by atoms with Gasteiger partial charge in [0.15, 0.2) is 9.84 Å². The molecule has 0 unspecified atom stereocenters. The average molecular weight is 302 g/mol. The number of fused-ring (bicyclic) bond motifs is 1. The molecule has 0 aliphatic carbocycles. The molecule has 1 aromatic carbocycles. The Hall–Kier alpha value is -2.34. The monoisotopic (exact) mass is 302 g/mol. The summed E-state index contributed by atoms with van der Waals surface area (Å²) in [6.45, 7) is 0.369. The van der Waals surface area contributed by atoms with E-state index in [1.165, 1.54) is 6.07 Å². The number of nitrogens with zero attached hydrogens (tertiary/aromatic N) is 1. The van der Waals surface area contributed by atoms with Crippen LogP contribution in [0.25, 0.3) is 11.0 Å². The van der Waals surface area contributed by atoms with Crippen molar-refractivity contribution >= 4 is 26.6 Å². The lowest BCUT2D eigenvalue weighted by Gasteiger charge is -2.07. The highest BCUT2D eigenvalue weighted by atomic mass is 32.2. The van der Waals surface area contributed by atoms with E-state index in [9.17, 15) is 8.42 Å². The molecule has 21 heavy (non-hydrogen) atoms. The van der Waals surface area contributed by atoms with Gasteiger partial charge in [-0.15, -0.1) is 0 Å². The van der Waals surface area contributed by atoms with Crippen LogP contribution in [0.15, 0.2) is 58.0 Å². The molecule has 0 radical (unpaired) electrons. The Morgan fingerprint density at radius 3 is 2.76 bits per heavy atom. The van der Waals surface area contributed by atoms with Crippen molar-refractivity contribution in [3.63, 3.8) is 0 Å². The molecule has 6 heteroatoms. The number of sulfone groups is 1. The van der Waals surface area contributed by atoms with Crippen molar-refractivity contribution < 1.29 is 12.8 Å². The number of pyridine rings is 1. The highest BCUT2D eigenvalue weighted by Gasteiger charge is 2.14. The number of hydrogen-bond donors (Lipinski definition) is 1. The van der Waals surface area contributed by atoms with Crippen molar-refractivity contribution in [2.75, 3.05) is 11.6 Å². The molecule has 0 aliphatic rings. The molecule has 0 saturated carbocycles. The number of nitrogens with one attached hydrogen (secondary N) is 1. The molecule has 108 valence electrons. The second-order valence-electron chi connectivity index (χ2n) is 4.73. The zero-order valence-electron chi connectivity index (χ0n) is 11.4. The van der Waals surface area contributed by atoms with E-state index in [4.69, 9.17) is 4.42 Å². The minimum Gasteiger partial charge on any atom is -0.459 e. The molecule has 5 nitrogen and oxygen atoms in total. The van der Waals surface area contributed by atoms with Crippen molar-refractivity contribution in [1.29, 1.82) is 0 Å². The van der Waals surface area contributed by atoms with Gasteiger partial charge in [0, 0.05) is 17.8 Å². The number of furan rings is 1. The molecule has 0 amide bonds. The standard InChI is InChI=1S/C15H14N2O3S/c1-21(18,19)14-7-4-8-16-15(14)17-10-12-9-11-5-2-3-6-13(11)20-12/h2-9H,10H2,1H3,(H,16,17). The van der Waals surface area contributed by atoms with Gasteiger partial charge in [0.05, 0.1) is 6.54 Å². The van der Waals surface area contributed by atoms with Crippen molar-refractivity contribution in [2.45, 2.75) is 11.4 Å². The van der Waals surface area contributed by atoms with Gasteiger partial charge in [-0.3, -0.25) is 0 Å². The molecule has 3 aromatic rings. The Labute approximate surface area is 122 Å². The first kappa shape index (κ1) is 13.6. The van der Waals surface area contributed by atoms with Gasteiger partial charge in [0.1, 0.15) is 22.1 Å². The van der Waals surface area contributed by atoms with Crippen LogP contribution in [0.5, 0.6) is 0 Å². The van der Waals surface area contributed by atoms with E-state index in [0.29, 0.717) is 12.4 Å². The highest BCUT2D eigenvalue weighted by molar-refractivity contribution is 7.90. The summed E-state index contributed by atoms with van der Waals surface area (Å²) >= 11 is 0. The summed E-state index contributed by atoms with van der Waals surface area (Å²) in [5, 5.41) is 4.03. The van der Waals surface area contributed by atoms with E-state index in [1.807, 2.05) is 30.3 Å². The Morgan fingerprint density at radius 2 is 2.00 bits per heavy atom. The SMILES string of the molecule is CS(=O)(=O)c1cccnc1NCc1cc2ccccc2o1. The van der Waals surface area contributed by atoms with Crippen LogP contribution in [0.3, 0.4) is 0 Å². The maximum absolute atomic E-state index is 11.7. The molecule has 0 saturated heterocycles. The maximum Gasteiger partial charge on any atom is 0.179 e. The molecule has 0 spiro atoms. The van der Waals surface area contributed by atoms with E-state index in [0.717, 1.165) is 23.0 Å². The number of hydrogen-bond acceptors (Lipinski definition) is 5. The molecule has 2 aromatic heterocycles. The van der Waals surface area contributed by atoms with Crippen LogP contribution in [0.2, 0.25) is 0 Å². The number of rotatable bonds is 4. The first-order valence-electron chi connectivity index (χ1n) is 6.40. The Morgan fingerprint density at radius 1 is 1.19 bits per heavy atom. The normalized spacial score (nSPS) is 11.7. The van der Waals surface area contributed by atoms with Crippen molar-refractivity contribution in [2.24, 2.45) is 0 Å². The Kier molecular flexibility index (Phi) is 3.39. The summed E-state index contributed by atoms with van der Waals surface area (Å²) < 4.78 is 29.1. The molecule has 0 bridgehead atoms.